The Morgan fingerprint density at radius 2 is 1.89 bits per heavy atom. The van der Waals surface area contributed by atoms with E-state index in [0.29, 0.717) is 26.1 Å². The number of nitrogens with two attached hydrogens (primary N) is 1. The molecule has 0 aliphatic carbocycles. The smallest absolute Gasteiger partial charge is 0.249 e. The average molecular weight is 434 g/mol. The third-order valence-corrected chi connectivity index (χ3v) is 6.33. The molecule has 0 saturated carbocycles. The van der Waals surface area contributed by atoms with Crippen LogP contribution in [0.4, 0.5) is 0 Å². The van der Waals surface area contributed by atoms with E-state index in [2.05, 4.69) is 10.0 Å². The van der Waals surface area contributed by atoms with Crippen molar-refractivity contribution >= 4 is 28.3 Å². The topological polar surface area (TPSA) is 120 Å². The molecular weight excluding hydrogens is 406 g/mol. The number of benzene rings is 1. The van der Waals surface area contributed by atoms with Gasteiger partial charge < -0.3 is 20.5 Å². The van der Waals surface area contributed by atoms with E-state index < -0.39 is 16.1 Å². The van der Waals surface area contributed by atoms with Gasteiger partial charge in [-0.15, -0.1) is 12.4 Å². The third kappa shape index (κ3) is 6.13. The zero-order valence-electron chi connectivity index (χ0n) is 15.6. The maximum Gasteiger partial charge on any atom is 0.249 e. The minimum Gasteiger partial charge on any atom is -0.377 e. The minimum atomic E-state index is -3.57. The molecule has 158 valence electrons. The van der Waals surface area contributed by atoms with Gasteiger partial charge in [-0.2, -0.15) is 0 Å². The first-order chi connectivity index (χ1) is 13.0. The van der Waals surface area contributed by atoms with Crippen molar-refractivity contribution in [3.05, 3.63) is 29.8 Å². The van der Waals surface area contributed by atoms with E-state index >= 15 is 0 Å². The summed E-state index contributed by atoms with van der Waals surface area (Å²) in [5.41, 5.74) is 6.36. The lowest BCUT2D eigenvalue weighted by atomic mass is 10.2. The Morgan fingerprint density at radius 1 is 1.14 bits per heavy atom. The summed E-state index contributed by atoms with van der Waals surface area (Å²) in [6, 6.07) is 6.46. The highest BCUT2D eigenvalue weighted by atomic mass is 35.5. The van der Waals surface area contributed by atoms with E-state index in [-0.39, 0.29) is 42.0 Å². The minimum absolute atomic E-state index is 0. The van der Waals surface area contributed by atoms with E-state index in [1.54, 1.807) is 12.1 Å². The summed E-state index contributed by atoms with van der Waals surface area (Å²) in [6.45, 7) is 1.70. The molecule has 10 heteroatoms. The van der Waals surface area contributed by atoms with E-state index in [9.17, 15) is 13.2 Å². The van der Waals surface area contributed by atoms with Gasteiger partial charge >= 0.3 is 0 Å². The van der Waals surface area contributed by atoms with E-state index in [0.717, 1.165) is 24.8 Å². The molecule has 1 unspecified atom stereocenters. The standard InChI is InChI=1S/C18H27N3O5S.ClH/c19-10-14-5-8-17(26-14)18(22)20-11-13-3-6-16(7-4-13)27(23,24)21-12-15-2-1-9-25-15;/h3-4,6-7,14-15,17,21H,1-2,5,8-12,19H2,(H,20,22);1H/t14-,15?,17+;/m1./s1. The van der Waals surface area contributed by atoms with Gasteiger partial charge in [-0.3, -0.25) is 4.79 Å². The first-order valence-electron chi connectivity index (χ1n) is 9.31. The van der Waals surface area contributed by atoms with Crippen LogP contribution in [0.3, 0.4) is 0 Å². The lowest BCUT2D eigenvalue weighted by molar-refractivity contribution is -0.132. The molecule has 4 N–H and O–H groups in total. The molecule has 3 rings (SSSR count). The molecule has 2 fully saturated rings. The second-order valence-electron chi connectivity index (χ2n) is 6.91. The highest BCUT2D eigenvalue weighted by Gasteiger charge is 2.29. The lowest BCUT2D eigenvalue weighted by Crippen LogP contribution is -2.35. The van der Waals surface area contributed by atoms with Crippen LogP contribution in [0.1, 0.15) is 31.2 Å². The largest absolute Gasteiger partial charge is 0.377 e. The Kier molecular flexibility index (Phi) is 8.66. The molecule has 3 atom stereocenters. The van der Waals surface area contributed by atoms with E-state index in [1.165, 1.54) is 12.1 Å². The predicted octanol–water partition coefficient (Wildman–Crippen LogP) is 0.688. The Balaban J connectivity index is 0.00000280. The zero-order chi connectivity index (χ0) is 19.3. The molecule has 8 nitrogen and oxygen atoms in total. The van der Waals surface area contributed by atoms with Crippen LogP contribution in [0.5, 0.6) is 0 Å². The fourth-order valence-corrected chi connectivity index (χ4v) is 4.32. The second-order valence-corrected chi connectivity index (χ2v) is 8.68. The quantitative estimate of drug-likeness (QED) is 0.554. The lowest BCUT2D eigenvalue weighted by Gasteiger charge is -2.13. The Labute approximate surface area is 172 Å². The number of carbonyl (C=O) groups is 1. The summed E-state index contributed by atoms with van der Waals surface area (Å²) >= 11 is 0. The number of rotatable bonds is 8. The second kappa shape index (κ2) is 10.5. The maximum absolute atomic E-state index is 12.3. The number of ether oxygens (including phenoxy) is 2. The summed E-state index contributed by atoms with van der Waals surface area (Å²) in [5, 5.41) is 2.82. The van der Waals surface area contributed by atoms with Crippen molar-refractivity contribution in [2.24, 2.45) is 5.73 Å². The summed E-state index contributed by atoms with van der Waals surface area (Å²) < 4.78 is 38.2. The Morgan fingerprint density at radius 3 is 2.50 bits per heavy atom. The van der Waals surface area contributed by atoms with E-state index in [1.807, 2.05) is 0 Å². The van der Waals surface area contributed by atoms with Crippen LogP contribution in [-0.4, -0.2) is 52.3 Å². The van der Waals surface area contributed by atoms with Crippen molar-refractivity contribution in [2.45, 2.75) is 55.4 Å². The van der Waals surface area contributed by atoms with Crippen LogP contribution >= 0.6 is 12.4 Å². The number of nitrogens with one attached hydrogen (secondary N) is 2. The molecule has 1 aromatic rings. The fraction of sp³-hybridized carbons (Fsp3) is 0.611. The van der Waals surface area contributed by atoms with Crippen LogP contribution in [0.15, 0.2) is 29.2 Å². The van der Waals surface area contributed by atoms with Crippen LogP contribution in [0.25, 0.3) is 0 Å². The number of halogens is 1. The van der Waals surface area contributed by atoms with Gasteiger partial charge in [0.05, 0.1) is 17.1 Å². The number of carbonyl (C=O) groups excluding carboxylic acids is 1. The predicted molar refractivity (Wildman–Crippen MR) is 107 cm³/mol. The molecule has 0 radical (unpaired) electrons. The monoisotopic (exact) mass is 433 g/mol. The summed E-state index contributed by atoms with van der Waals surface area (Å²) in [5.74, 6) is -0.166. The normalized spacial score (nSPS) is 24.7. The molecule has 0 spiro atoms. The van der Waals surface area contributed by atoms with Gasteiger partial charge in [-0.1, -0.05) is 12.1 Å². The van der Waals surface area contributed by atoms with Gasteiger partial charge in [0.25, 0.3) is 0 Å². The first kappa shape index (κ1) is 23.1. The molecule has 28 heavy (non-hydrogen) atoms. The van der Waals surface area contributed by atoms with Crippen molar-refractivity contribution < 1.29 is 22.7 Å². The molecule has 1 amide bonds. The van der Waals surface area contributed by atoms with Gasteiger partial charge in [0.2, 0.25) is 15.9 Å². The summed E-state index contributed by atoms with van der Waals surface area (Å²) in [6.07, 6.45) is 2.74. The summed E-state index contributed by atoms with van der Waals surface area (Å²) in [4.78, 5) is 12.3. The van der Waals surface area contributed by atoms with Crippen LogP contribution in [-0.2, 0) is 30.8 Å². The van der Waals surface area contributed by atoms with Crippen molar-refractivity contribution in [2.75, 3.05) is 19.7 Å². The van der Waals surface area contributed by atoms with Crippen LogP contribution in [0.2, 0.25) is 0 Å². The number of hydrogen-bond acceptors (Lipinski definition) is 6. The number of amides is 1. The SMILES string of the molecule is Cl.NC[C@H]1CC[C@@H](C(=O)NCc2ccc(S(=O)(=O)NCC3CCCO3)cc2)O1. The Hall–Kier alpha value is -1.23. The van der Waals surface area contributed by atoms with Gasteiger partial charge in [0.1, 0.15) is 6.10 Å². The van der Waals surface area contributed by atoms with Gasteiger partial charge in [0, 0.05) is 26.2 Å². The molecule has 2 aliphatic heterocycles. The van der Waals surface area contributed by atoms with Crippen molar-refractivity contribution in [1.29, 1.82) is 0 Å². The van der Waals surface area contributed by atoms with Crippen LogP contribution < -0.4 is 15.8 Å². The highest BCUT2D eigenvalue weighted by Crippen LogP contribution is 2.19. The molecule has 2 heterocycles. The maximum atomic E-state index is 12.3. The molecule has 0 bridgehead atoms. The van der Waals surface area contributed by atoms with Crippen molar-refractivity contribution in [3.63, 3.8) is 0 Å². The molecule has 1 aromatic carbocycles. The van der Waals surface area contributed by atoms with Gasteiger partial charge in [0.15, 0.2) is 0 Å². The molecule has 2 saturated heterocycles. The number of sulfonamides is 1. The summed E-state index contributed by atoms with van der Waals surface area (Å²) in [7, 11) is -3.57. The van der Waals surface area contributed by atoms with Crippen molar-refractivity contribution in [3.8, 4) is 0 Å². The first-order valence-corrected chi connectivity index (χ1v) is 10.8. The molecule has 0 aromatic heterocycles. The number of hydrogen-bond donors (Lipinski definition) is 3. The van der Waals surface area contributed by atoms with E-state index in [4.69, 9.17) is 15.2 Å². The molecular formula is C18H28ClN3O5S. The van der Waals surface area contributed by atoms with Gasteiger partial charge in [-0.25, -0.2) is 13.1 Å². The average Bonchev–Trinajstić information content (AvgIpc) is 3.36. The third-order valence-electron chi connectivity index (χ3n) is 4.89. The molecule has 2 aliphatic rings. The van der Waals surface area contributed by atoms with Crippen molar-refractivity contribution in [1.82, 2.24) is 10.0 Å². The fourth-order valence-electron chi connectivity index (χ4n) is 3.25. The highest BCUT2D eigenvalue weighted by molar-refractivity contribution is 7.89. The van der Waals surface area contributed by atoms with Crippen LogP contribution in [0, 0.1) is 0 Å². The van der Waals surface area contributed by atoms with Gasteiger partial charge in [-0.05, 0) is 43.4 Å². The zero-order valence-corrected chi connectivity index (χ0v) is 17.3. The Bertz CT molecular complexity index is 738.